The third kappa shape index (κ3) is 4.09. The molecular formula is C23H28N8O. The third-order valence-corrected chi connectivity index (χ3v) is 5.97. The van der Waals surface area contributed by atoms with E-state index < -0.39 is 0 Å². The molecule has 32 heavy (non-hydrogen) atoms. The van der Waals surface area contributed by atoms with Gasteiger partial charge in [0.25, 0.3) is 0 Å². The zero-order chi connectivity index (χ0) is 22.2. The van der Waals surface area contributed by atoms with E-state index in [4.69, 9.17) is 4.74 Å². The largest absolute Gasteiger partial charge is 0.372 e. The topological polar surface area (TPSA) is 85.4 Å². The first kappa shape index (κ1) is 20.6. The average molecular weight is 433 g/mol. The van der Waals surface area contributed by atoms with E-state index in [9.17, 15) is 0 Å². The van der Waals surface area contributed by atoms with Gasteiger partial charge < -0.3 is 15.0 Å². The number of anilines is 2. The van der Waals surface area contributed by atoms with E-state index in [2.05, 4.69) is 56.5 Å². The number of nitrogens with one attached hydrogen (secondary N) is 1. The molecule has 0 spiro atoms. The van der Waals surface area contributed by atoms with E-state index in [1.807, 2.05) is 41.6 Å². The summed E-state index contributed by atoms with van der Waals surface area (Å²) in [4.78, 5) is 10.9. The highest BCUT2D eigenvalue weighted by molar-refractivity contribution is 5.71. The van der Waals surface area contributed by atoms with Gasteiger partial charge in [-0.05, 0) is 32.0 Å². The Hall–Kier alpha value is -3.30. The van der Waals surface area contributed by atoms with Crippen molar-refractivity contribution in [3.05, 3.63) is 54.2 Å². The van der Waals surface area contributed by atoms with E-state index in [-0.39, 0.29) is 6.10 Å². The Morgan fingerprint density at radius 1 is 1.09 bits per heavy atom. The molecule has 0 saturated carbocycles. The molecule has 1 fully saturated rings. The number of ether oxygens (including phenoxy) is 1. The molecule has 2 atom stereocenters. The number of fused-ring (bicyclic) bond motifs is 1. The minimum Gasteiger partial charge on any atom is -0.372 e. The zero-order valence-electron chi connectivity index (χ0n) is 18.9. The lowest BCUT2D eigenvalue weighted by atomic mass is 10.1. The predicted octanol–water partition coefficient (Wildman–Crippen LogP) is 3.04. The Morgan fingerprint density at radius 2 is 1.97 bits per heavy atom. The number of hydrogen-bond acceptors (Lipinski definition) is 7. The van der Waals surface area contributed by atoms with Gasteiger partial charge in [0.1, 0.15) is 5.82 Å². The van der Waals surface area contributed by atoms with Gasteiger partial charge in [0, 0.05) is 43.5 Å². The summed E-state index contributed by atoms with van der Waals surface area (Å²) < 4.78 is 10.0. The SMILES string of the molecule is Cc1cnc(Nc2cc3cc(-c4c(CO[C@@H]5CN(C)C[C@H]5C)cnn4C)ccn3n2)cn1. The summed E-state index contributed by atoms with van der Waals surface area (Å²) >= 11 is 0. The number of aryl methyl sites for hydroxylation is 2. The van der Waals surface area contributed by atoms with E-state index in [1.165, 1.54) is 0 Å². The fraction of sp³-hybridized carbons (Fsp3) is 0.391. The fourth-order valence-electron chi connectivity index (χ4n) is 4.34. The molecule has 0 amide bonds. The number of likely N-dealkylation sites (tertiary alicyclic amines) is 1. The number of nitrogens with zero attached hydrogens (tertiary/aromatic N) is 7. The van der Waals surface area contributed by atoms with Gasteiger partial charge in [-0.25, -0.2) is 9.50 Å². The highest BCUT2D eigenvalue weighted by atomic mass is 16.5. The number of likely N-dealkylation sites (N-methyl/N-ethyl adjacent to an activating group) is 1. The van der Waals surface area contributed by atoms with Gasteiger partial charge in [0.2, 0.25) is 0 Å². The van der Waals surface area contributed by atoms with Gasteiger partial charge in [0.15, 0.2) is 5.82 Å². The standard InChI is InChI=1S/C23H28N8O/c1-15-12-29(3)13-20(15)32-14-18-10-26-30(4)23(18)17-5-6-31-19(7-17)8-21(28-31)27-22-11-24-16(2)9-25-22/h5-11,15,20H,12-14H2,1-4H3,(H,25,27,28)/t15-,20-/m1/s1. The van der Waals surface area contributed by atoms with Crippen molar-refractivity contribution in [2.45, 2.75) is 26.6 Å². The first-order valence-corrected chi connectivity index (χ1v) is 10.8. The molecular weight excluding hydrogens is 404 g/mol. The van der Waals surface area contributed by atoms with E-state index in [1.54, 1.807) is 12.4 Å². The Labute approximate surface area is 187 Å². The lowest BCUT2D eigenvalue weighted by Gasteiger charge is -2.16. The molecule has 4 aromatic rings. The average Bonchev–Trinajstić information content (AvgIpc) is 3.43. The smallest absolute Gasteiger partial charge is 0.154 e. The summed E-state index contributed by atoms with van der Waals surface area (Å²) in [6.07, 6.45) is 7.55. The fourth-order valence-corrected chi connectivity index (χ4v) is 4.34. The molecule has 0 unspecified atom stereocenters. The number of aromatic nitrogens is 6. The van der Waals surface area contributed by atoms with Gasteiger partial charge in [0.05, 0.1) is 48.2 Å². The monoisotopic (exact) mass is 432 g/mol. The molecule has 4 aromatic heterocycles. The van der Waals surface area contributed by atoms with Crippen LogP contribution in [-0.2, 0) is 18.4 Å². The maximum Gasteiger partial charge on any atom is 0.154 e. The maximum atomic E-state index is 6.28. The molecule has 1 aliphatic heterocycles. The van der Waals surface area contributed by atoms with Crippen LogP contribution < -0.4 is 5.32 Å². The molecule has 1 N–H and O–H groups in total. The van der Waals surface area contributed by atoms with Crippen LogP contribution in [0.25, 0.3) is 16.8 Å². The Kier molecular flexibility index (Phi) is 5.36. The number of hydrogen-bond donors (Lipinski definition) is 1. The zero-order valence-corrected chi connectivity index (χ0v) is 18.9. The van der Waals surface area contributed by atoms with Crippen LogP contribution in [-0.4, -0.2) is 60.5 Å². The van der Waals surface area contributed by atoms with E-state index >= 15 is 0 Å². The van der Waals surface area contributed by atoms with Gasteiger partial charge in [-0.15, -0.1) is 0 Å². The number of rotatable bonds is 6. The molecule has 1 saturated heterocycles. The molecule has 166 valence electrons. The quantitative estimate of drug-likeness (QED) is 0.501. The summed E-state index contributed by atoms with van der Waals surface area (Å²) in [5.74, 6) is 1.91. The summed E-state index contributed by atoms with van der Waals surface area (Å²) in [6.45, 7) is 6.76. The molecule has 0 aliphatic carbocycles. The minimum absolute atomic E-state index is 0.254. The van der Waals surface area contributed by atoms with Crippen molar-refractivity contribution < 1.29 is 4.74 Å². The van der Waals surface area contributed by atoms with Crippen LogP contribution in [0.4, 0.5) is 11.6 Å². The van der Waals surface area contributed by atoms with Gasteiger partial charge >= 0.3 is 0 Å². The van der Waals surface area contributed by atoms with Crippen molar-refractivity contribution in [1.29, 1.82) is 0 Å². The molecule has 5 rings (SSSR count). The molecule has 1 aliphatic rings. The van der Waals surface area contributed by atoms with Crippen LogP contribution in [0.3, 0.4) is 0 Å². The summed E-state index contributed by atoms with van der Waals surface area (Å²) in [5, 5.41) is 12.3. The molecule has 5 heterocycles. The summed E-state index contributed by atoms with van der Waals surface area (Å²) in [5.41, 5.74) is 5.08. The first-order valence-electron chi connectivity index (χ1n) is 10.8. The molecule has 0 radical (unpaired) electrons. The Bertz CT molecular complexity index is 1230. The lowest BCUT2D eigenvalue weighted by molar-refractivity contribution is 0.0273. The maximum absolute atomic E-state index is 6.28. The van der Waals surface area contributed by atoms with Crippen LogP contribution in [0.5, 0.6) is 0 Å². The highest BCUT2D eigenvalue weighted by Crippen LogP contribution is 2.28. The number of pyridine rings is 1. The molecule has 0 bridgehead atoms. The van der Waals surface area contributed by atoms with Gasteiger partial charge in [-0.1, -0.05) is 6.92 Å². The van der Waals surface area contributed by atoms with Crippen LogP contribution in [0.15, 0.2) is 43.0 Å². The predicted molar refractivity (Wildman–Crippen MR) is 123 cm³/mol. The minimum atomic E-state index is 0.254. The lowest BCUT2D eigenvalue weighted by Crippen LogP contribution is -2.21. The first-order chi connectivity index (χ1) is 15.5. The van der Waals surface area contributed by atoms with Crippen molar-refractivity contribution in [2.75, 3.05) is 25.5 Å². The molecule has 9 nitrogen and oxygen atoms in total. The van der Waals surface area contributed by atoms with E-state index in [0.29, 0.717) is 24.2 Å². The van der Waals surface area contributed by atoms with Gasteiger partial charge in [-0.2, -0.15) is 10.2 Å². The second-order valence-corrected chi connectivity index (χ2v) is 8.67. The van der Waals surface area contributed by atoms with Gasteiger partial charge in [-0.3, -0.25) is 9.67 Å². The second kappa shape index (κ2) is 8.33. The van der Waals surface area contributed by atoms with Crippen molar-refractivity contribution in [3.63, 3.8) is 0 Å². The Morgan fingerprint density at radius 3 is 2.72 bits per heavy atom. The van der Waals surface area contributed by atoms with Crippen LogP contribution in [0, 0.1) is 12.8 Å². The third-order valence-electron chi connectivity index (χ3n) is 5.97. The normalized spacial score (nSPS) is 19.1. The summed E-state index contributed by atoms with van der Waals surface area (Å²) in [6, 6.07) is 6.17. The highest BCUT2D eigenvalue weighted by Gasteiger charge is 2.28. The van der Waals surface area contributed by atoms with Crippen molar-refractivity contribution >= 4 is 17.2 Å². The van der Waals surface area contributed by atoms with Crippen LogP contribution >= 0.6 is 0 Å². The van der Waals surface area contributed by atoms with Crippen LogP contribution in [0.2, 0.25) is 0 Å². The van der Waals surface area contributed by atoms with E-state index in [0.717, 1.165) is 41.1 Å². The molecule has 0 aromatic carbocycles. The summed E-state index contributed by atoms with van der Waals surface area (Å²) in [7, 11) is 4.11. The Balaban J connectivity index is 1.37. The molecule has 9 heteroatoms. The van der Waals surface area contributed by atoms with Crippen molar-refractivity contribution in [2.24, 2.45) is 13.0 Å². The second-order valence-electron chi connectivity index (χ2n) is 8.67. The van der Waals surface area contributed by atoms with Crippen molar-refractivity contribution in [1.82, 2.24) is 34.3 Å². The van der Waals surface area contributed by atoms with Crippen molar-refractivity contribution in [3.8, 4) is 11.3 Å². The van der Waals surface area contributed by atoms with Crippen LogP contribution in [0.1, 0.15) is 18.2 Å².